The number of allylic oxidation sites excluding steroid dienone is 1. The zero-order chi connectivity index (χ0) is 10.6. The molecule has 0 radical (unpaired) electrons. The van der Waals surface area contributed by atoms with Crippen LogP contribution in [-0.4, -0.2) is 5.91 Å². The molecule has 74 valence electrons. The van der Waals surface area contributed by atoms with Crippen LogP contribution >= 0.6 is 0 Å². The first-order valence-electron chi connectivity index (χ1n) is 4.38. The molecule has 3 nitrogen and oxygen atoms in total. The monoisotopic (exact) mass is 190 g/mol. The first kappa shape index (κ1) is 10.3. The number of benzene rings is 1. The van der Waals surface area contributed by atoms with Gasteiger partial charge in [0.05, 0.1) is 0 Å². The number of carbonyl (C=O) groups excluding carboxylic acids is 1. The zero-order valence-corrected chi connectivity index (χ0v) is 8.42. The molecule has 2 N–H and O–H groups in total. The van der Waals surface area contributed by atoms with Gasteiger partial charge < -0.3 is 10.6 Å². The highest BCUT2D eigenvalue weighted by Gasteiger charge is 1.96. The molecule has 1 rings (SSSR count). The van der Waals surface area contributed by atoms with Crippen molar-refractivity contribution >= 4 is 17.3 Å². The summed E-state index contributed by atoms with van der Waals surface area (Å²) >= 11 is 0. The van der Waals surface area contributed by atoms with Crippen molar-refractivity contribution in [1.82, 2.24) is 0 Å². The second kappa shape index (κ2) is 4.46. The van der Waals surface area contributed by atoms with Gasteiger partial charge in [-0.15, -0.1) is 0 Å². The Balaban J connectivity index is 2.78. The first-order valence-corrected chi connectivity index (χ1v) is 4.38. The second-order valence-electron chi connectivity index (χ2n) is 3.17. The van der Waals surface area contributed by atoms with E-state index in [2.05, 4.69) is 17.2 Å². The van der Waals surface area contributed by atoms with E-state index in [0.29, 0.717) is 0 Å². The van der Waals surface area contributed by atoms with E-state index < -0.39 is 0 Å². The van der Waals surface area contributed by atoms with Crippen molar-refractivity contribution in [2.45, 2.75) is 13.8 Å². The van der Waals surface area contributed by atoms with Crippen LogP contribution in [0.15, 0.2) is 36.5 Å². The molecule has 0 heterocycles. The number of hydrogen-bond acceptors (Lipinski definition) is 2. The van der Waals surface area contributed by atoms with Crippen LogP contribution in [0.4, 0.5) is 11.4 Å². The third kappa shape index (κ3) is 3.31. The maximum atomic E-state index is 10.8. The standard InChI is InChI=1S/C11H14N2O/c1-8(2)12-10-5-4-6-11(7-10)13-9(3)14/h4-7,12H,1H2,2-3H3,(H,13,14). The number of rotatable bonds is 3. The fourth-order valence-electron chi connectivity index (χ4n) is 1.12. The summed E-state index contributed by atoms with van der Waals surface area (Å²) < 4.78 is 0. The third-order valence-electron chi connectivity index (χ3n) is 1.54. The van der Waals surface area contributed by atoms with Crippen molar-refractivity contribution in [1.29, 1.82) is 0 Å². The second-order valence-corrected chi connectivity index (χ2v) is 3.17. The van der Waals surface area contributed by atoms with E-state index in [1.807, 2.05) is 31.2 Å². The molecule has 0 atom stereocenters. The van der Waals surface area contributed by atoms with Gasteiger partial charge >= 0.3 is 0 Å². The molecule has 0 aliphatic carbocycles. The van der Waals surface area contributed by atoms with Gasteiger partial charge in [-0.3, -0.25) is 4.79 Å². The fourth-order valence-corrected chi connectivity index (χ4v) is 1.12. The van der Waals surface area contributed by atoms with E-state index in [9.17, 15) is 4.79 Å². The average Bonchev–Trinajstić information content (AvgIpc) is 2.01. The molecule has 0 aromatic heterocycles. The van der Waals surface area contributed by atoms with Crippen LogP contribution in [0, 0.1) is 0 Å². The topological polar surface area (TPSA) is 41.1 Å². The van der Waals surface area contributed by atoms with Gasteiger partial charge in [0.15, 0.2) is 0 Å². The van der Waals surface area contributed by atoms with Gasteiger partial charge in [0.2, 0.25) is 5.91 Å². The molecule has 0 fully saturated rings. The van der Waals surface area contributed by atoms with Gasteiger partial charge in [0, 0.05) is 24.0 Å². The summed E-state index contributed by atoms with van der Waals surface area (Å²) in [5.41, 5.74) is 2.57. The number of anilines is 2. The van der Waals surface area contributed by atoms with E-state index in [0.717, 1.165) is 17.1 Å². The number of nitrogens with one attached hydrogen (secondary N) is 2. The molecule has 3 heteroatoms. The lowest BCUT2D eigenvalue weighted by Crippen LogP contribution is -2.05. The van der Waals surface area contributed by atoms with Gasteiger partial charge in [-0.05, 0) is 25.1 Å². The highest BCUT2D eigenvalue weighted by molar-refractivity contribution is 5.89. The van der Waals surface area contributed by atoms with Crippen molar-refractivity contribution < 1.29 is 4.79 Å². The smallest absolute Gasteiger partial charge is 0.221 e. The van der Waals surface area contributed by atoms with Crippen LogP contribution in [0.5, 0.6) is 0 Å². The molecule has 1 amide bonds. The van der Waals surface area contributed by atoms with Gasteiger partial charge in [-0.1, -0.05) is 12.6 Å². The number of hydrogen-bond donors (Lipinski definition) is 2. The molecular formula is C11H14N2O. The summed E-state index contributed by atoms with van der Waals surface area (Å²) in [7, 11) is 0. The SMILES string of the molecule is C=C(C)Nc1cccc(NC(C)=O)c1. The summed E-state index contributed by atoms with van der Waals surface area (Å²) in [6.45, 7) is 7.11. The van der Waals surface area contributed by atoms with E-state index in [4.69, 9.17) is 0 Å². The van der Waals surface area contributed by atoms with Crippen LogP contribution in [-0.2, 0) is 4.79 Å². The van der Waals surface area contributed by atoms with Crippen LogP contribution in [0.2, 0.25) is 0 Å². The summed E-state index contributed by atoms with van der Waals surface area (Å²) in [6, 6.07) is 7.48. The lowest BCUT2D eigenvalue weighted by Gasteiger charge is -2.07. The minimum absolute atomic E-state index is 0.0718. The molecule has 0 saturated carbocycles. The summed E-state index contributed by atoms with van der Waals surface area (Å²) in [4.78, 5) is 10.8. The van der Waals surface area contributed by atoms with Crippen molar-refractivity contribution in [3.63, 3.8) is 0 Å². The fraction of sp³-hybridized carbons (Fsp3) is 0.182. The van der Waals surface area contributed by atoms with Crippen LogP contribution < -0.4 is 10.6 Å². The third-order valence-corrected chi connectivity index (χ3v) is 1.54. The van der Waals surface area contributed by atoms with Crippen molar-refractivity contribution in [2.24, 2.45) is 0 Å². The Kier molecular flexibility index (Phi) is 3.29. The summed E-state index contributed by atoms with van der Waals surface area (Å²) in [5, 5.41) is 5.78. The quantitative estimate of drug-likeness (QED) is 0.769. The van der Waals surface area contributed by atoms with Gasteiger partial charge in [-0.25, -0.2) is 0 Å². The van der Waals surface area contributed by atoms with Crippen molar-refractivity contribution in [2.75, 3.05) is 10.6 Å². The number of carbonyl (C=O) groups is 1. The van der Waals surface area contributed by atoms with Crippen LogP contribution in [0.1, 0.15) is 13.8 Å². The minimum Gasteiger partial charge on any atom is -0.360 e. The Morgan fingerprint density at radius 3 is 2.29 bits per heavy atom. The first-order chi connectivity index (χ1) is 6.58. The van der Waals surface area contributed by atoms with Crippen LogP contribution in [0.3, 0.4) is 0 Å². The molecule has 1 aromatic carbocycles. The Bertz CT molecular complexity index is 327. The highest BCUT2D eigenvalue weighted by atomic mass is 16.1. The molecule has 0 aliphatic rings. The van der Waals surface area contributed by atoms with Gasteiger partial charge in [0.1, 0.15) is 0 Å². The predicted molar refractivity (Wildman–Crippen MR) is 59.2 cm³/mol. The predicted octanol–water partition coefficient (Wildman–Crippen LogP) is 2.59. The lowest BCUT2D eigenvalue weighted by atomic mass is 10.2. The molecule has 0 saturated heterocycles. The van der Waals surface area contributed by atoms with E-state index in [1.54, 1.807) is 0 Å². The molecular weight excluding hydrogens is 176 g/mol. The normalized spacial score (nSPS) is 9.29. The van der Waals surface area contributed by atoms with Crippen molar-refractivity contribution in [3.8, 4) is 0 Å². The van der Waals surface area contributed by atoms with Gasteiger partial charge in [0.25, 0.3) is 0 Å². The largest absolute Gasteiger partial charge is 0.360 e. The summed E-state index contributed by atoms with van der Waals surface area (Å²) in [6.07, 6.45) is 0. The van der Waals surface area contributed by atoms with E-state index in [1.165, 1.54) is 6.92 Å². The number of amides is 1. The van der Waals surface area contributed by atoms with Crippen molar-refractivity contribution in [3.05, 3.63) is 36.5 Å². The Morgan fingerprint density at radius 2 is 1.79 bits per heavy atom. The summed E-state index contributed by atoms with van der Waals surface area (Å²) in [5.74, 6) is -0.0718. The highest BCUT2D eigenvalue weighted by Crippen LogP contribution is 2.15. The van der Waals surface area contributed by atoms with E-state index >= 15 is 0 Å². The average molecular weight is 190 g/mol. The maximum absolute atomic E-state index is 10.8. The molecule has 0 spiro atoms. The minimum atomic E-state index is -0.0718. The zero-order valence-electron chi connectivity index (χ0n) is 8.42. The van der Waals surface area contributed by atoms with Gasteiger partial charge in [-0.2, -0.15) is 0 Å². The Morgan fingerprint density at radius 1 is 1.21 bits per heavy atom. The Labute approximate surface area is 83.8 Å². The molecule has 14 heavy (non-hydrogen) atoms. The molecule has 0 aliphatic heterocycles. The molecule has 0 unspecified atom stereocenters. The van der Waals surface area contributed by atoms with Crippen LogP contribution in [0.25, 0.3) is 0 Å². The lowest BCUT2D eigenvalue weighted by molar-refractivity contribution is -0.114. The molecule has 1 aromatic rings. The maximum Gasteiger partial charge on any atom is 0.221 e. The Hall–Kier alpha value is -1.77. The molecule has 0 bridgehead atoms. The van der Waals surface area contributed by atoms with E-state index in [-0.39, 0.29) is 5.91 Å².